The minimum absolute atomic E-state index is 0.0386. The topological polar surface area (TPSA) is 84.8 Å². The Bertz CT molecular complexity index is 1130. The summed E-state index contributed by atoms with van der Waals surface area (Å²) in [4.78, 5) is 29.0. The zero-order valence-electron chi connectivity index (χ0n) is 17.5. The second-order valence-electron chi connectivity index (χ2n) is 7.99. The number of halogens is 3. The highest BCUT2D eigenvalue weighted by Gasteiger charge is 2.37. The summed E-state index contributed by atoms with van der Waals surface area (Å²) >= 11 is 0. The summed E-state index contributed by atoms with van der Waals surface area (Å²) in [5.41, 5.74) is 0.317. The van der Waals surface area contributed by atoms with Crippen LogP contribution in [0.5, 0.6) is 0 Å². The molecular weight excluding hydrogens is 433 g/mol. The number of carbonyl (C=O) groups excluding carboxylic acids is 2. The lowest BCUT2D eigenvalue weighted by molar-refractivity contribution is -0.138. The summed E-state index contributed by atoms with van der Waals surface area (Å²) in [6.07, 6.45) is 0.734. The molecule has 1 N–H and O–H groups in total. The molecule has 33 heavy (non-hydrogen) atoms. The van der Waals surface area contributed by atoms with Crippen LogP contribution in [0.15, 0.2) is 60.9 Å². The van der Waals surface area contributed by atoms with Crippen molar-refractivity contribution >= 4 is 17.4 Å². The fourth-order valence-corrected chi connectivity index (χ4v) is 4.13. The lowest BCUT2D eigenvalue weighted by Crippen LogP contribution is -2.24. The predicted octanol–water partition coefficient (Wildman–Crippen LogP) is 5.30. The standard InChI is InChI=1S/C24H21F3N4O2/c25-24(26,27)19-4-2-1-3-18(19)22(32)16-7-5-15(6-8-16)20-9-10-21(31-30-20)23(33)29-17-11-13-28-14-12-17/h1-4,9-16H,5-8H2,(H,28,29,33). The number of pyridine rings is 1. The normalized spacial score (nSPS) is 18.5. The van der Waals surface area contributed by atoms with Crippen LogP contribution >= 0.6 is 0 Å². The van der Waals surface area contributed by atoms with Gasteiger partial charge in [0, 0.05) is 35.5 Å². The number of hydrogen-bond acceptors (Lipinski definition) is 5. The molecule has 3 aromatic rings. The van der Waals surface area contributed by atoms with Crippen LogP contribution in [0.4, 0.5) is 18.9 Å². The van der Waals surface area contributed by atoms with Crippen LogP contribution in [0.3, 0.4) is 0 Å². The molecule has 1 aromatic carbocycles. The lowest BCUT2D eigenvalue weighted by Gasteiger charge is -2.27. The van der Waals surface area contributed by atoms with E-state index in [1.165, 1.54) is 18.2 Å². The maximum absolute atomic E-state index is 13.3. The third-order valence-corrected chi connectivity index (χ3v) is 5.87. The number of carbonyl (C=O) groups is 2. The second kappa shape index (κ2) is 9.48. The number of nitrogens with zero attached hydrogens (tertiary/aromatic N) is 3. The first-order valence-corrected chi connectivity index (χ1v) is 10.6. The van der Waals surface area contributed by atoms with Gasteiger partial charge in [-0.1, -0.05) is 18.2 Å². The monoisotopic (exact) mass is 454 g/mol. The van der Waals surface area contributed by atoms with Gasteiger partial charge in [-0.15, -0.1) is 5.10 Å². The molecule has 0 unspecified atom stereocenters. The highest BCUT2D eigenvalue weighted by atomic mass is 19.4. The van der Waals surface area contributed by atoms with E-state index in [1.54, 1.807) is 36.7 Å². The number of amides is 1. The largest absolute Gasteiger partial charge is 0.417 e. The van der Waals surface area contributed by atoms with Crippen molar-refractivity contribution in [1.82, 2.24) is 15.2 Å². The number of Topliss-reactive ketones (excluding diaryl/α,β-unsaturated/α-hetero) is 1. The number of ketones is 1. The molecular formula is C24H21F3N4O2. The van der Waals surface area contributed by atoms with Gasteiger partial charge >= 0.3 is 6.18 Å². The summed E-state index contributed by atoms with van der Waals surface area (Å²) in [5, 5.41) is 10.9. The van der Waals surface area contributed by atoms with Gasteiger partial charge in [-0.25, -0.2) is 0 Å². The molecule has 1 amide bonds. The molecule has 1 saturated carbocycles. The van der Waals surface area contributed by atoms with E-state index in [2.05, 4.69) is 20.5 Å². The quantitative estimate of drug-likeness (QED) is 0.529. The Morgan fingerprint density at radius 2 is 1.58 bits per heavy atom. The summed E-state index contributed by atoms with van der Waals surface area (Å²) in [5.74, 6) is -1.27. The van der Waals surface area contributed by atoms with Crippen molar-refractivity contribution in [1.29, 1.82) is 0 Å². The summed E-state index contributed by atoms with van der Waals surface area (Å²) in [7, 11) is 0. The number of benzene rings is 1. The minimum atomic E-state index is -4.56. The maximum Gasteiger partial charge on any atom is 0.417 e. The van der Waals surface area contributed by atoms with Crippen LogP contribution in [-0.2, 0) is 6.18 Å². The van der Waals surface area contributed by atoms with Crippen molar-refractivity contribution < 1.29 is 22.8 Å². The molecule has 2 heterocycles. The zero-order valence-corrected chi connectivity index (χ0v) is 17.5. The molecule has 6 nitrogen and oxygen atoms in total. The fourth-order valence-electron chi connectivity index (χ4n) is 4.13. The van der Waals surface area contributed by atoms with Crippen molar-refractivity contribution in [2.45, 2.75) is 37.8 Å². The first-order chi connectivity index (χ1) is 15.8. The Hall–Kier alpha value is -3.62. The van der Waals surface area contributed by atoms with Gasteiger partial charge in [-0.2, -0.15) is 18.3 Å². The molecule has 0 spiro atoms. The lowest BCUT2D eigenvalue weighted by atomic mass is 9.77. The van der Waals surface area contributed by atoms with Crippen molar-refractivity contribution in [3.63, 3.8) is 0 Å². The Morgan fingerprint density at radius 1 is 0.879 bits per heavy atom. The van der Waals surface area contributed by atoms with Crippen molar-refractivity contribution in [3.05, 3.63) is 83.4 Å². The minimum Gasteiger partial charge on any atom is -0.320 e. The summed E-state index contributed by atoms with van der Waals surface area (Å²) < 4.78 is 39.8. The van der Waals surface area contributed by atoms with Gasteiger partial charge in [0.25, 0.3) is 5.91 Å². The Kier molecular flexibility index (Phi) is 6.48. The van der Waals surface area contributed by atoms with E-state index in [9.17, 15) is 22.8 Å². The van der Waals surface area contributed by atoms with E-state index in [0.29, 0.717) is 37.1 Å². The molecule has 0 atom stereocenters. The van der Waals surface area contributed by atoms with Gasteiger partial charge < -0.3 is 5.32 Å². The van der Waals surface area contributed by atoms with E-state index in [1.807, 2.05) is 0 Å². The molecule has 0 bridgehead atoms. The third-order valence-electron chi connectivity index (χ3n) is 5.87. The average Bonchev–Trinajstić information content (AvgIpc) is 2.84. The van der Waals surface area contributed by atoms with Crippen molar-refractivity contribution in [2.24, 2.45) is 5.92 Å². The zero-order chi connectivity index (χ0) is 23.4. The Morgan fingerprint density at radius 3 is 2.21 bits per heavy atom. The van der Waals surface area contributed by atoms with Crippen LogP contribution in [0.1, 0.15) is 63.7 Å². The van der Waals surface area contributed by atoms with Gasteiger partial charge in [-0.05, 0) is 56.0 Å². The Labute approximate surface area is 188 Å². The number of rotatable bonds is 5. The molecule has 2 aromatic heterocycles. The second-order valence-corrected chi connectivity index (χ2v) is 7.99. The van der Waals surface area contributed by atoms with Crippen molar-refractivity contribution in [2.75, 3.05) is 5.32 Å². The highest BCUT2D eigenvalue weighted by Crippen LogP contribution is 2.38. The van der Waals surface area contributed by atoms with Crippen LogP contribution in [0, 0.1) is 5.92 Å². The van der Waals surface area contributed by atoms with Gasteiger partial charge in [0.15, 0.2) is 11.5 Å². The number of alkyl halides is 3. The van der Waals surface area contributed by atoms with Gasteiger partial charge in [0.05, 0.1) is 11.3 Å². The number of nitrogens with one attached hydrogen (secondary N) is 1. The molecule has 0 aliphatic heterocycles. The SMILES string of the molecule is O=C(Nc1ccncc1)c1ccc(C2CCC(C(=O)c3ccccc3C(F)(F)F)CC2)nn1. The van der Waals surface area contributed by atoms with E-state index >= 15 is 0 Å². The Balaban J connectivity index is 1.37. The van der Waals surface area contributed by atoms with E-state index in [0.717, 1.165) is 6.07 Å². The average molecular weight is 454 g/mol. The summed E-state index contributed by atoms with van der Waals surface area (Å²) in [6, 6.07) is 11.6. The molecule has 1 fully saturated rings. The van der Waals surface area contributed by atoms with Gasteiger partial charge in [0.1, 0.15) is 0 Å². The van der Waals surface area contributed by atoms with E-state index < -0.39 is 29.3 Å². The van der Waals surface area contributed by atoms with Crippen LogP contribution in [-0.4, -0.2) is 26.9 Å². The van der Waals surface area contributed by atoms with Crippen molar-refractivity contribution in [3.8, 4) is 0 Å². The molecule has 170 valence electrons. The maximum atomic E-state index is 13.3. The molecule has 0 saturated heterocycles. The fraction of sp³-hybridized carbons (Fsp3) is 0.292. The van der Waals surface area contributed by atoms with Crippen LogP contribution in [0.25, 0.3) is 0 Å². The van der Waals surface area contributed by atoms with E-state index in [-0.39, 0.29) is 17.2 Å². The molecule has 4 rings (SSSR count). The predicted molar refractivity (Wildman–Crippen MR) is 115 cm³/mol. The van der Waals surface area contributed by atoms with Crippen LogP contribution in [0.2, 0.25) is 0 Å². The highest BCUT2D eigenvalue weighted by molar-refractivity contribution is 6.02. The summed E-state index contributed by atoms with van der Waals surface area (Å²) in [6.45, 7) is 0. The van der Waals surface area contributed by atoms with Crippen LogP contribution < -0.4 is 5.32 Å². The first-order valence-electron chi connectivity index (χ1n) is 10.6. The van der Waals surface area contributed by atoms with Gasteiger partial charge in [-0.3, -0.25) is 14.6 Å². The number of anilines is 1. The van der Waals surface area contributed by atoms with Gasteiger partial charge in [0.2, 0.25) is 0 Å². The molecule has 1 aliphatic carbocycles. The van der Waals surface area contributed by atoms with E-state index in [4.69, 9.17) is 0 Å². The third kappa shape index (κ3) is 5.24. The molecule has 1 aliphatic rings. The number of aromatic nitrogens is 3. The number of hydrogen-bond donors (Lipinski definition) is 1. The molecule has 9 heteroatoms. The first kappa shape index (κ1) is 22.6. The smallest absolute Gasteiger partial charge is 0.320 e. The molecule has 0 radical (unpaired) electrons.